The molecule has 2 atom stereocenters. The van der Waals surface area contributed by atoms with E-state index in [0.29, 0.717) is 11.8 Å². The zero-order valence-corrected chi connectivity index (χ0v) is 13.2. The number of rotatable bonds is 7. The quantitative estimate of drug-likeness (QED) is 0.777. The van der Waals surface area contributed by atoms with E-state index in [1.807, 2.05) is 11.8 Å². The smallest absolute Gasteiger partial charge is 0.243 e. The molecule has 1 heterocycles. The molecule has 1 saturated carbocycles. The van der Waals surface area contributed by atoms with E-state index in [4.69, 9.17) is 5.11 Å². The molecule has 6 nitrogen and oxygen atoms in total. The molecular weight excluding hydrogens is 298 g/mol. The number of sulfonamides is 1. The van der Waals surface area contributed by atoms with E-state index in [9.17, 15) is 8.42 Å². The summed E-state index contributed by atoms with van der Waals surface area (Å²) in [6.45, 7) is 2.33. The molecule has 1 fully saturated rings. The highest BCUT2D eigenvalue weighted by atomic mass is 32.2. The summed E-state index contributed by atoms with van der Waals surface area (Å²) in [5.74, 6) is 0.997. The number of aromatic nitrogens is 2. The van der Waals surface area contributed by atoms with E-state index < -0.39 is 10.0 Å². The molecule has 0 saturated heterocycles. The molecule has 8 heteroatoms. The monoisotopic (exact) mass is 319 g/mol. The molecule has 2 unspecified atom stereocenters. The molecule has 0 spiro atoms. The van der Waals surface area contributed by atoms with Gasteiger partial charge < -0.3 is 5.11 Å². The van der Waals surface area contributed by atoms with Crippen LogP contribution in [0.1, 0.15) is 26.2 Å². The summed E-state index contributed by atoms with van der Waals surface area (Å²) >= 11 is 1.82. The Labute approximate surface area is 124 Å². The van der Waals surface area contributed by atoms with Crippen LogP contribution in [-0.2, 0) is 16.6 Å². The van der Waals surface area contributed by atoms with E-state index in [-0.39, 0.29) is 17.5 Å². The average Bonchev–Trinajstić information content (AvgIpc) is 3.01. The van der Waals surface area contributed by atoms with Crippen LogP contribution in [0, 0.1) is 0 Å². The predicted octanol–water partition coefficient (Wildman–Crippen LogP) is 0.828. The Morgan fingerprint density at radius 2 is 2.35 bits per heavy atom. The lowest BCUT2D eigenvalue weighted by Gasteiger charge is -2.19. The summed E-state index contributed by atoms with van der Waals surface area (Å²) in [4.78, 5) is 0.165. The van der Waals surface area contributed by atoms with Crippen LogP contribution in [0.2, 0.25) is 0 Å². The van der Waals surface area contributed by atoms with Gasteiger partial charge in [-0.05, 0) is 18.6 Å². The number of hydrogen-bond donors (Lipinski definition) is 2. The van der Waals surface area contributed by atoms with Crippen molar-refractivity contribution >= 4 is 21.8 Å². The molecule has 0 aromatic carbocycles. The van der Waals surface area contributed by atoms with Crippen molar-refractivity contribution in [2.24, 2.45) is 0 Å². The summed E-state index contributed by atoms with van der Waals surface area (Å²) in [7, 11) is -3.52. The molecule has 1 aromatic heterocycles. The Kier molecular flexibility index (Phi) is 5.48. The van der Waals surface area contributed by atoms with Crippen LogP contribution in [0.25, 0.3) is 0 Å². The molecule has 20 heavy (non-hydrogen) atoms. The zero-order chi connectivity index (χ0) is 14.6. The van der Waals surface area contributed by atoms with Crippen molar-refractivity contribution in [3.8, 4) is 0 Å². The van der Waals surface area contributed by atoms with Crippen LogP contribution >= 0.6 is 11.8 Å². The van der Waals surface area contributed by atoms with Crippen molar-refractivity contribution in [1.82, 2.24) is 14.5 Å². The Morgan fingerprint density at radius 1 is 1.55 bits per heavy atom. The fourth-order valence-electron chi connectivity index (χ4n) is 2.45. The van der Waals surface area contributed by atoms with Crippen LogP contribution in [0.4, 0.5) is 0 Å². The first kappa shape index (κ1) is 15.8. The van der Waals surface area contributed by atoms with Crippen LogP contribution in [0.5, 0.6) is 0 Å². The first-order valence-corrected chi connectivity index (χ1v) is 9.37. The van der Waals surface area contributed by atoms with Crippen molar-refractivity contribution in [1.29, 1.82) is 0 Å². The maximum atomic E-state index is 12.3. The Bertz CT molecular complexity index is 530. The summed E-state index contributed by atoms with van der Waals surface area (Å²) in [5.41, 5.74) is 0. The van der Waals surface area contributed by atoms with Gasteiger partial charge in [-0.1, -0.05) is 13.3 Å². The summed E-state index contributed by atoms with van der Waals surface area (Å²) in [6, 6.07) is 0.00569. The molecule has 0 bridgehead atoms. The number of aliphatic hydroxyl groups is 1. The van der Waals surface area contributed by atoms with Gasteiger partial charge in [-0.25, -0.2) is 13.1 Å². The minimum Gasteiger partial charge on any atom is -0.394 e. The maximum absolute atomic E-state index is 12.3. The maximum Gasteiger partial charge on any atom is 0.243 e. The topological polar surface area (TPSA) is 84.2 Å². The normalized spacial score (nSPS) is 23.3. The Morgan fingerprint density at radius 3 is 3.05 bits per heavy atom. The second kappa shape index (κ2) is 6.93. The molecule has 2 N–H and O–H groups in total. The van der Waals surface area contributed by atoms with Gasteiger partial charge in [-0.3, -0.25) is 4.68 Å². The second-order valence-electron chi connectivity index (χ2n) is 4.82. The van der Waals surface area contributed by atoms with Gasteiger partial charge in [0.1, 0.15) is 4.90 Å². The first-order valence-electron chi connectivity index (χ1n) is 6.84. The third-order valence-corrected chi connectivity index (χ3v) is 6.16. The lowest BCUT2D eigenvalue weighted by atomic mass is 10.3. The fraction of sp³-hybridized carbons (Fsp3) is 0.750. The summed E-state index contributed by atoms with van der Waals surface area (Å²) < 4.78 is 28.9. The molecule has 0 aliphatic heterocycles. The van der Waals surface area contributed by atoms with Crippen molar-refractivity contribution < 1.29 is 13.5 Å². The van der Waals surface area contributed by atoms with Gasteiger partial charge in [0, 0.05) is 17.5 Å². The highest BCUT2D eigenvalue weighted by molar-refractivity contribution is 8.00. The van der Waals surface area contributed by atoms with Gasteiger partial charge in [0.05, 0.1) is 19.3 Å². The Hall–Kier alpha value is -0.570. The van der Waals surface area contributed by atoms with Gasteiger partial charge in [0.25, 0.3) is 0 Å². The van der Waals surface area contributed by atoms with Gasteiger partial charge in [-0.15, -0.1) is 0 Å². The van der Waals surface area contributed by atoms with Crippen LogP contribution in [0.15, 0.2) is 17.3 Å². The number of nitrogens with zero attached hydrogens (tertiary/aromatic N) is 2. The summed E-state index contributed by atoms with van der Waals surface area (Å²) in [5, 5.41) is 13.1. The van der Waals surface area contributed by atoms with E-state index in [2.05, 4.69) is 16.7 Å². The summed E-state index contributed by atoms with van der Waals surface area (Å²) in [6.07, 6.45) is 5.80. The number of nitrogens with one attached hydrogen (secondary N) is 1. The van der Waals surface area contributed by atoms with Gasteiger partial charge in [0.15, 0.2) is 0 Å². The molecule has 0 amide bonds. The van der Waals surface area contributed by atoms with Crippen molar-refractivity contribution in [2.75, 3.05) is 12.4 Å². The highest BCUT2D eigenvalue weighted by Gasteiger charge is 2.31. The molecule has 114 valence electrons. The van der Waals surface area contributed by atoms with Gasteiger partial charge in [0.2, 0.25) is 10.0 Å². The van der Waals surface area contributed by atoms with E-state index in [0.717, 1.165) is 25.0 Å². The van der Waals surface area contributed by atoms with E-state index >= 15 is 0 Å². The Balaban J connectivity index is 2.06. The predicted molar refractivity (Wildman–Crippen MR) is 79.2 cm³/mol. The lowest BCUT2D eigenvalue weighted by molar-refractivity contribution is 0.269. The van der Waals surface area contributed by atoms with Crippen molar-refractivity contribution in [2.45, 2.75) is 48.9 Å². The molecule has 1 aliphatic rings. The van der Waals surface area contributed by atoms with Crippen LogP contribution in [-0.4, -0.2) is 47.0 Å². The third-order valence-electron chi connectivity index (χ3n) is 3.39. The fourth-order valence-corrected chi connectivity index (χ4v) is 5.00. The van der Waals surface area contributed by atoms with Crippen LogP contribution in [0.3, 0.4) is 0 Å². The second-order valence-corrected chi connectivity index (χ2v) is 8.05. The number of thioether (sulfide) groups is 1. The molecule has 0 radical (unpaired) electrons. The average molecular weight is 319 g/mol. The minimum absolute atomic E-state index is 0.00569. The van der Waals surface area contributed by atoms with Gasteiger partial charge >= 0.3 is 0 Å². The number of hydrogen-bond acceptors (Lipinski definition) is 5. The lowest BCUT2D eigenvalue weighted by Crippen LogP contribution is -2.38. The van der Waals surface area contributed by atoms with Crippen molar-refractivity contribution in [3.63, 3.8) is 0 Å². The molecular formula is C12H21N3O3S2. The van der Waals surface area contributed by atoms with E-state index in [1.54, 1.807) is 0 Å². The molecule has 1 aromatic rings. The largest absolute Gasteiger partial charge is 0.394 e. The zero-order valence-electron chi connectivity index (χ0n) is 11.5. The molecule has 1 aliphatic carbocycles. The minimum atomic E-state index is -3.52. The van der Waals surface area contributed by atoms with E-state index in [1.165, 1.54) is 17.1 Å². The number of aliphatic hydroxyl groups excluding tert-OH is 1. The molecule has 2 rings (SSSR count). The third kappa shape index (κ3) is 3.75. The van der Waals surface area contributed by atoms with Crippen LogP contribution < -0.4 is 4.72 Å². The SMILES string of the molecule is CCSC1CCCC1NS(=O)(=O)c1cnn(CCO)c1. The van der Waals surface area contributed by atoms with Crippen molar-refractivity contribution in [3.05, 3.63) is 12.4 Å². The first-order chi connectivity index (χ1) is 9.56. The van der Waals surface area contributed by atoms with Gasteiger partial charge in [-0.2, -0.15) is 16.9 Å². The highest BCUT2D eigenvalue weighted by Crippen LogP contribution is 2.30. The standard InChI is InChI=1S/C12H21N3O3S2/c1-2-19-12-5-3-4-11(12)14-20(17,18)10-8-13-15(9-10)6-7-16/h8-9,11-12,14,16H,2-7H2,1H3.